The number of aromatic nitrogens is 4. The number of primary amides is 1. The normalized spacial score (nSPS) is 17.9. The number of halogens is 3. The summed E-state index contributed by atoms with van der Waals surface area (Å²) in [6.45, 7) is 32.9. The first-order valence-corrected chi connectivity index (χ1v) is 42.3. The topological polar surface area (TPSA) is 424 Å². The molecular weight excluding hydrogens is 1700 g/mol. The maximum atomic E-state index is 12.7. The lowest BCUT2D eigenvalue weighted by atomic mass is 10.1. The van der Waals surface area contributed by atoms with Crippen molar-refractivity contribution in [2.75, 3.05) is 130 Å². The van der Waals surface area contributed by atoms with E-state index in [1.807, 2.05) is 119 Å². The van der Waals surface area contributed by atoms with Gasteiger partial charge in [0.25, 0.3) is 17.7 Å². The average Bonchev–Trinajstić information content (AvgIpc) is 0.816. The number of nitrogens with zero attached hydrogens (tertiary/aromatic N) is 12. The Labute approximate surface area is 729 Å². The number of hydrogen-bond donors (Lipinski definition) is 8. The molecule has 0 aliphatic carbocycles. The summed E-state index contributed by atoms with van der Waals surface area (Å²) in [4.78, 5) is 112. The smallest absolute Gasteiger partial charge is 0.407 e. The van der Waals surface area contributed by atoms with Crippen molar-refractivity contribution in [2.24, 2.45) is 5.73 Å². The van der Waals surface area contributed by atoms with Crippen LogP contribution < -0.4 is 57.7 Å². The number of amides is 7. The molecule has 2 aromatic carbocycles. The fraction of sp³-hybridized carbons (Fsp3) is 0.512. The number of piperidine rings is 4. The molecule has 36 heteroatoms. The maximum Gasteiger partial charge on any atom is 0.407 e. The van der Waals surface area contributed by atoms with Gasteiger partial charge in [-0.05, 0) is 246 Å². The fourth-order valence-corrected chi connectivity index (χ4v) is 14.2. The van der Waals surface area contributed by atoms with Gasteiger partial charge in [0.2, 0.25) is 0 Å². The molecule has 0 unspecified atom stereocenters. The fourth-order valence-electron chi connectivity index (χ4n) is 13.4. The third-order valence-corrected chi connectivity index (χ3v) is 20.1. The lowest BCUT2D eigenvalue weighted by Crippen LogP contribution is -2.49. The second kappa shape index (κ2) is 45.6. The van der Waals surface area contributed by atoms with Crippen LogP contribution >= 0.6 is 31.9 Å². The van der Waals surface area contributed by atoms with Crippen LogP contribution in [-0.4, -0.2) is 223 Å². The molecule has 6 fully saturated rings. The zero-order chi connectivity index (χ0) is 88.9. The van der Waals surface area contributed by atoms with E-state index < -0.39 is 46.3 Å². The van der Waals surface area contributed by atoms with Crippen LogP contribution in [0.4, 0.5) is 63.4 Å². The van der Waals surface area contributed by atoms with E-state index in [4.69, 9.17) is 44.7 Å². The Balaban J connectivity index is 0.000000204. The van der Waals surface area contributed by atoms with E-state index in [0.717, 1.165) is 113 Å². The number of nitriles is 3. The number of morpholine rings is 2. The quantitative estimate of drug-likeness (QED) is 0.0470. The van der Waals surface area contributed by atoms with Gasteiger partial charge in [0.15, 0.2) is 22.8 Å². The predicted molar refractivity (Wildman–Crippen MR) is 467 cm³/mol. The van der Waals surface area contributed by atoms with Crippen LogP contribution in [0.25, 0.3) is 0 Å². The molecule has 656 valence electrons. The van der Waals surface area contributed by atoms with Crippen LogP contribution in [0.1, 0.15) is 183 Å². The lowest BCUT2D eigenvalue weighted by Gasteiger charge is -2.35. The Morgan fingerprint density at radius 1 is 0.467 bits per heavy atom. The summed E-state index contributed by atoms with van der Waals surface area (Å²) in [5.41, 5.74) is 10.8. The molecule has 0 radical (unpaired) electrons. The number of pyridine rings is 4. The molecule has 10 heterocycles. The van der Waals surface area contributed by atoms with E-state index in [1.54, 1.807) is 70.9 Å². The molecule has 4 aromatic heterocycles. The van der Waals surface area contributed by atoms with Crippen LogP contribution in [-0.2, 0) is 28.4 Å². The minimum absolute atomic E-state index is 0.0177. The van der Waals surface area contributed by atoms with Crippen molar-refractivity contribution >= 4 is 114 Å². The second-order valence-electron chi connectivity index (χ2n) is 33.6. The number of hydrogen-bond acceptors (Lipinski definition) is 26. The maximum absolute atomic E-state index is 12.7. The van der Waals surface area contributed by atoms with Crippen molar-refractivity contribution in [3.05, 3.63) is 146 Å². The van der Waals surface area contributed by atoms with Crippen LogP contribution in [0.15, 0.2) is 107 Å². The van der Waals surface area contributed by atoms with Crippen molar-refractivity contribution in [2.45, 2.75) is 181 Å². The Bertz CT molecular complexity index is 4660. The molecule has 6 aromatic rings. The van der Waals surface area contributed by atoms with E-state index >= 15 is 0 Å². The number of carbonyl (C=O) groups excluding carboxylic acids is 7. The summed E-state index contributed by atoms with van der Waals surface area (Å²) in [6, 6.07) is 27.2. The SMILES string of the molecule is CC(C)(C)OC(=O)N[C@@H]1CCCN(c2cnc(C#N)c(Br)c2)C1.CC(C)(C)OC(=O)N[C@@H]1CCCN(c2cnc(C#N)c(Nc3ccc(C(=O)N4CCOCC4)cc3)c2)C1.CC(C)(C)OC(=O)N[C@@H]1CCCN(c2cnc(C(N)=O)c(Nc3ccc(C(=O)N4CCOCC4)cc3)c2)C1.CC(C)(C)OC(=O)N[C@@H]1CCCNC1.N#Cc1ncc(F)cc1Br. The third kappa shape index (κ3) is 32.6. The molecule has 4 atom stereocenters. The molecule has 12 rings (SSSR count). The molecule has 6 aliphatic heterocycles. The van der Waals surface area contributed by atoms with E-state index in [2.05, 4.69) is 110 Å². The first-order chi connectivity index (χ1) is 57.8. The number of rotatable bonds is 14. The van der Waals surface area contributed by atoms with Crippen LogP contribution in [0.2, 0.25) is 0 Å². The molecule has 0 saturated carbocycles. The van der Waals surface area contributed by atoms with Gasteiger partial charge in [-0.1, -0.05) is 0 Å². The summed E-state index contributed by atoms with van der Waals surface area (Å²) < 4.78 is 45.3. The molecule has 7 amide bonds. The summed E-state index contributed by atoms with van der Waals surface area (Å²) >= 11 is 6.34. The van der Waals surface area contributed by atoms with E-state index in [1.165, 1.54) is 6.07 Å². The molecular formula is C86H113Br2FN20O13. The Morgan fingerprint density at radius 2 is 0.811 bits per heavy atom. The highest BCUT2D eigenvalue weighted by Crippen LogP contribution is 2.32. The van der Waals surface area contributed by atoms with Crippen molar-refractivity contribution < 1.29 is 66.4 Å². The summed E-state index contributed by atoms with van der Waals surface area (Å²) in [5, 5.41) is 48.3. The molecule has 9 N–H and O–H groups in total. The molecule has 33 nitrogen and oxygen atoms in total. The van der Waals surface area contributed by atoms with E-state index in [0.29, 0.717) is 115 Å². The highest BCUT2D eigenvalue weighted by Gasteiger charge is 2.31. The third-order valence-electron chi connectivity index (χ3n) is 18.9. The second-order valence-corrected chi connectivity index (χ2v) is 35.3. The number of benzene rings is 2. The molecule has 0 bridgehead atoms. The summed E-state index contributed by atoms with van der Waals surface area (Å²) in [7, 11) is 0. The largest absolute Gasteiger partial charge is 0.444 e. The van der Waals surface area contributed by atoms with Gasteiger partial charge in [-0.3, -0.25) is 14.4 Å². The highest BCUT2D eigenvalue weighted by molar-refractivity contribution is 9.10. The summed E-state index contributed by atoms with van der Waals surface area (Å²) in [6.07, 6.45) is 11.9. The minimum Gasteiger partial charge on any atom is -0.444 e. The number of carbonyl (C=O) groups is 7. The lowest BCUT2D eigenvalue weighted by molar-refractivity contribution is 0.0301. The van der Waals surface area contributed by atoms with Crippen LogP contribution in [0.5, 0.6) is 0 Å². The van der Waals surface area contributed by atoms with E-state index in [9.17, 15) is 43.2 Å². The molecule has 0 spiro atoms. The van der Waals surface area contributed by atoms with Gasteiger partial charge in [-0.15, -0.1) is 0 Å². The molecule has 6 saturated heterocycles. The van der Waals surface area contributed by atoms with Crippen molar-refractivity contribution in [1.82, 2.24) is 56.3 Å². The predicted octanol–water partition coefficient (Wildman–Crippen LogP) is 12.9. The zero-order valence-corrected chi connectivity index (χ0v) is 74.6. The van der Waals surface area contributed by atoms with Gasteiger partial charge in [-0.25, -0.2) is 43.5 Å². The van der Waals surface area contributed by atoms with Crippen LogP contribution in [0, 0.1) is 39.8 Å². The Hall–Kier alpha value is -11.2. The number of alkyl carbamates (subject to hydrolysis) is 4. The number of anilines is 7. The monoisotopic (exact) mass is 1810 g/mol. The number of ether oxygens (including phenoxy) is 6. The van der Waals surface area contributed by atoms with Crippen LogP contribution in [0.3, 0.4) is 0 Å². The Morgan fingerprint density at radius 3 is 1.17 bits per heavy atom. The van der Waals surface area contributed by atoms with Crippen molar-refractivity contribution in [1.29, 1.82) is 15.8 Å². The van der Waals surface area contributed by atoms with Crippen molar-refractivity contribution in [3.63, 3.8) is 0 Å². The Kier molecular flexibility index (Phi) is 36.0. The van der Waals surface area contributed by atoms with Gasteiger partial charge in [0.05, 0.1) is 88.6 Å². The highest BCUT2D eigenvalue weighted by atomic mass is 79.9. The number of nitrogens with two attached hydrogens (primary N) is 1. The number of nitrogens with one attached hydrogen (secondary N) is 7. The first kappa shape index (κ1) is 96.2. The van der Waals surface area contributed by atoms with Gasteiger partial charge < -0.3 is 95.9 Å². The van der Waals surface area contributed by atoms with Gasteiger partial charge in [0.1, 0.15) is 46.4 Å². The first-order valence-electron chi connectivity index (χ1n) is 40.7. The van der Waals surface area contributed by atoms with Gasteiger partial charge in [-0.2, -0.15) is 15.8 Å². The molecule has 122 heavy (non-hydrogen) atoms. The summed E-state index contributed by atoms with van der Waals surface area (Å²) in [5.74, 6) is -1.16. The van der Waals surface area contributed by atoms with Gasteiger partial charge >= 0.3 is 24.4 Å². The van der Waals surface area contributed by atoms with Crippen molar-refractivity contribution in [3.8, 4) is 18.2 Å². The van der Waals surface area contributed by atoms with E-state index in [-0.39, 0.29) is 65.2 Å². The average molecular weight is 1810 g/mol. The van der Waals surface area contributed by atoms with Gasteiger partial charge in [0, 0.05) is 119 Å². The minimum atomic E-state index is -0.652. The standard InChI is InChI=1S/C27H36N6O5.C27H34N6O4.C16H21BrN4O2.C10H20N2O2.C6H2BrFN2/c1-27(2,3)38-26(36)31-20-5-4-10-33(17-20)21-15-22(23(24(28)34)29-16-21)30-19-8-6-18(7-9-19)25(35)32-11-13-37-14-12-32;1-27(2,3)37-26(35)31-21-5-4-10-33(18-21)22-15-23(24(16-28)29-17-22)30-20-8-6-19(7-9-20)25(34)32-11-13-36-14-12-32;1-16(2,3)23-15(22)20-11-5-4-6-21(10-11)12-7-13(17)14(8-18)19-9-12;1-10(2,3)14-9(13)12-8-5-4-6-11-7-8;7-5-1-4(8)3-10-6(5)2-9/h6-9,15-16,20,30H,4-5,10-14,17H2,1-3H3,(H2,28,34)(H,31,36);6-9,15,17,21,30H,4-5,10-14,18H2,1-3H3,(H,31,35);7,9,11H,4-6,10H2,1-3H3,(H,20,22);8,11H,4-7H2,1-3H3,(H,12,13);1,3H/t20-;21-;11-;8-;/m1111./s1. The molecule has 6 aliphatic rings. The zero-order valence-electron chi connectivity index (χ0n) is 71.4.